The molecule has 2 heterocycles. The van der Waals surface area contributed by atoms with Gasteiger partial charge in [-0.25, -0.2) is 13.4 Å². The Kier molecular flexibility index (Phi) is 5.89. The van der Waals surface area contributed by atoms with Gasteiger partial charge in [0.15, 0.2) is 5.16 Å². The number of nitrogens with one attached hydrogen (secondary N) is 1. The number of thioether (sulfide) groups is 1. The van der Waals surface area contributed by atoms with E-state index in [1.54, 1.807) is 23.5 Å². The third-order valence-corrected chi connectivity index (χ3v) is 7.44. The molecule has 1 amide bonds. The smallest absolute Gasteiger partial charge is 0.243 e. The lowest BCUT2D eigenvalue weighted by Gasteiger charge is -2.25. The van der Waals surface area contributed by atoms with E-state index in [4.69, 9.17) is 0 Å². The van der Waals surface area contributed by atoms with Gasteiger partial charge >= 0.3 is 0 Å². The van der Waals surface area contributed by atoms with Crippen molar-refractivity contribution in [2.24, 2.45) is 0 Å². The molecule has 1 saturated heterocycles. The summed E-state index contributed by atoms with van der Waals surface area (Å²) in [5.74, 6) is 0.205. The third-order valence-electron chi connectivity index (χ3n) is 4.56. The average Bonchev–Trinajstić information content (AvgIpc) is 3.03. The first kappa shape index (κ1) is 19.2. The van der Waals surface area contributed by atoms with Crippen molar-refractivity contribution in [1.29, 1.82) is 0 Å². The molecule has 1 fully saturated rings. The van der Waals surface area contributed by atoms with Crippen LogP contribution in [-0.2, 0) is 21.4 Å². The van der Waals surface area contributed by atoms with E-state index in [9.17, 15) is 13.2 Å². The summed E-state index contributed by atoms with van der Waals surface area (Å²) in [6.45, 7) is 3.86. The van der Waals surface area contributed by atoms with Crippen molar-refractivity contribution in [3.63, 3.8) is 0 Å². The van der Waals surface area contributed by atoms with Crippen LogP contribution in [-0.4, -0.2) is 54.1 Å². The number of benzene rings is 1. The van der Waals surface area contributed by atoms with Crippen LogP contribution in [0.1, 0.15) is 26.2 Å². The molecule has 26 heavy (non-hydrogen) atoms. The van der Waals surface area contributed by atoms with Crippen molar-refractivity contribution in [3.05, 3.63) is 18.2 Å². The van der Waals surface area contributed by atoms with Crippen LogP contribution in [0.2, 0.25) is 0 Å². The molecule has 0 aliphatic carbocycles. The Balaban J connectivity index is 1.94. The molecule has 3 rings (SSSR count). The molecule has 2 aromatic rings. The second-order valence-corrected chi connectivity index (χ2v) is 9.10. The molecule has 0 unspecified atom stereocenters. The minimum atomic E-state index is -3.48. The van der Waals surface area contributed by atoms with Gasteiger partial charge in [-0.3, -0.25) is 4.79 Å². The first-order valence-corrected chi connectivity index (χ1v) is 11.2. The summed E-state index contributed by atoms with van der Waals surface area (Å²) in [7, 11) is -1.88. The second-order valence-electron chi connectivity index (χ2n) is 6.22. The number of aromatic nitrogens is 2. The van der Waals surface area contributed by atoms with Crippen LogP contribution < -0.4 is 5.32 Å². The highest BCUT2D eigenvalue weighted by Gasteiger charge is 2.26. The summed E-state index contributed by atoms with van der Waals surface area (Å²) in [6.07, 6.45) is 2.90. The fourth-order valence-electron chi connectivity index (χ4n) is 3.12. The lowest BCUT2D eigenvalue weighted by atomic mass is 10.2. The molecule has 0 radical (unpaired) electrons. The van der Waals surface area contributed by atoms with Gasteiger partial charge in [-0.2, -0.15) is 4.31 Å². The molecule has 142 valence electrons. The predicted octanol–water partition coefficient (Wildman–Crippen LogP) is 2.07. The number of fused-ring (bicyclic) bond motifs is 1. The Labute approximate surface area is 158 Å². The minimum Gasteiger partial charge on any atom is -0.358 e. The van der Waals surface area contributed by atoms with Crippen LogP contribution >= 0.6 is 11.8 Å². The van der Waals surface area contributed by atoms with E-state index in [0.29, 0.717) is 25.2 Å². The number of hydrogen-bond donors (Lipinski definition) is 1. The summed E-state index contributed by atoms with van der Waals surface area (Å²) < 4.78 is 29.3. The van der Waals surface area contributed by atoms with Crippen LogP contribution in [0.3, 0.4) is 0 Å². The first-order valence-electron chi connectivity index (χ1n) is 8.81. The molecule has 1 aromatic carbocycles. The van der Waals surface area contributed by atoms with Crippen LogP contribution in [0, 0.1) is 0 Å². The minimum absolute atomic E-state index is 0.0712. The van der Waals surface area contributed by atoms with Crippen LogP contribution in [0.15, 0.2) is 28.3 Å². The van der Waals surface area contributed by atoms with Gasteiger partial charge in [0, 0.05) is 26.7 Å². The van der Waals surface area contributed by atoms with Gasteiger partial charge in [0.25, 0.3) is 0 Å². The zero-order valence-electron chi connectivity index (χ0n) is 15.1. The Morgan fingerprint density at radius 2 is 2.00 bits per heavy atom. The average molecular weight is 397 g/mol. The lowest BCUT2D eigenvalue weighted by molar-refractivity contribution is -0.118. The molecule has 0 saturated carbocycles. The number of rotatable bonds is 6. The van der Waals surface area contributed by atoms with Crippen molar-refractivity contribution in [2.75, 3.05) is 25.9 Å². The Morgan fingerprint density at radius 1 is 1.27 bits per heavy atom. The van der Waals surface area contributed by atoms with Gasteiger partial charge < -0.3 is 9.88 Å². The summed E-state index contributed by atoms with van der Waals surface area (Å²) in [6, 6.07) is 5.12. The number of piperidine rings is 1. The topological polar surface area (TPSA) is 84.3 Å². The number of nitrogens with zero attached hydrogens (tertiary/aromatic N) is 3. The van der Waals surface area contributed by atoms with Gasteiger partial charge in [0.2, 0.25) is 15.9 Å². The molecule has 1 N–H and O–H groups in total. The van der Waals surface area contributed by atoms with Crippen LogP contribution in [0.25, 0.3) is 11.0 Å². The maximum Gasteiger partial charge on any atom is 0.243 e. The van der Waals surface area contributed by atoms with Crippen LogP contribution in [0.4, 0.5) is 0 Å². The summed E-state index contributed by atoms with van der Waals surface area (Å²) in [5, 5.41) is 3.31. The largest absolute Gasteiger partial charge is 0.358 e. The number of hydrogen-bond acceptors (Lipinski definition) is 5. The molecule has 1 aromatic heterocycles. The molecule has 0 atom stereocenters. The highest BCUT2D eigenvalue weighted by molar-refractivity contribution is 7.99. The van der Waals surface area contributed by atoms with Gasteiger partial charge in [-0.1, -0.05) is 18.2 Å². The number of aryl methyl sites for hydroxylation is 1. The number of sulfonamides is 1. The quantitative estimate of drug-likeness (QED) is 0.756. The van der Waals surface area contributed by atoms with E-state index in [0.717, 1.165) is 29.9 Å². The van der Waals surface area contributed by atoms with E-state index in [2.05, 4.69) is 10.3 Å². The monoisotopic (exact) mass is 396 g/mol. The van der Waals surface area contributed by atoms with Crippen molar-refractivity contribution >= 4 is 38.7 Å². The fraction of sp³-hybridized carbons (Fsp3) is 0.529. The number of carbonyl (C=O) groups excluding carboxylic acids is 1. The predicted molar refractivity (Wildman–Crippen MR) is 103 cm³/mol. The highest BCUT2D eigenvalue weighted by atomic mass is 32.2. The fourth-order valence-corrected chi connectivity index (χ4v) is 5.61. The van der Waals surface area contributed by atoms with Gasteiger partial charge in [0.1, 0.15) is 0 Å². The van der Waals surface area contributed by atoms with Crippen molar-refractivity contribution < 1.29 is 13.2 Å². The second kappa shape index (κ2) is 7.98. The third kappa shape index (κ3) is 3.74. The molecule has 9 heteroatoms. The Morgan fingerprint density at radius 3 is 2.65 bits per heavy atom. The normalized spacial score (nSPS) is 16.1. The lowest BCUT2D eigenvalue weighted by Crippen LogP contribution is -2.35. The van der Waals surface area contributed by atoms with E-state index in [-0.39, 0.29) is 16.6 Å². The number of imidazole rings is 1. The molecular formula is C17H24N4O3S2. The molecular weight excluding hydrogens is 372 g/mol. The highest BCUT2D eigenvalue weighted by Crippen LogP contribution is 2.28. The summed E-state index contributed by atoms with van der Waals surface area (Å²) >= 11 is 1.35. The van der Waals surface area contributed by atoms with E-state index < -0.39 is 10.0 Å². The van der Waals surface area contributed by atoms with Crippen molar-refractivity contribution in [1.82, 2.24) is 19.2 Å². The summed E-state index contributed by atoms with van der Waals surface area (Å²) in [4.78, 5) is 16.4. The Hall–Kier alpha value is -1.58. The zero-order valence-corrected chi connectivity index (χ0v) is 16.7. The van der Waals surface area contributed by atoms with Gasteiger partial charge in [-0.15, -0.1) is 0 Å². The van der Waals surface area contributed by atoms with Gasteiger partial charge in [0.05, 0.1) is 21.7 Å². The van der Waals surface area contributed by atoms with E-state index in [1.807, 2.05) is 17.6 Å². The Bertz CT molecular complexity index is 902. The van der Waals surface area contributed by atoms with E-state index >= 15 is 0 Å². The van der Waals surface area contributed by atoms with E-state index in [1.165, 1.54) is 11.8 Å². The molecule has 0 spiro atoms. The summed E-state index contributed by atoms with van der Waals surface area (Å²) in [5.41, 5.74) is 1.52. The van der Waals surface area contributed by atoms with Crippen LogP contribution in [0.5, 0.6) is 0 Å². The molecule has 1 aliphatic heterocycles. The number of amides is 1. The molecule has 1 aliphatic rings. The van der Waals surface area contributed by atoms with Crippen molar-refractivity contribution in [3.8, 4) is 0 Å². The maximum atomic E-state index is 12.9. The zero-order chi connectivity index (χ0) is 18.7. The SMILES string of the molecule is CCn1c(SCC(=O)NC)nc2cc(S(=O)(=O)N3CCCCC3)ccc21. The van der Waals surface area contributed by atoms with Gasteiger partial charge in [-0.05, 0) is 38.0 Å². The molecule has 7 nitrogen and oxygen atoms in total. The maximum absolute atomic E-state index is 12.9. The van der Waals surface area contributed by atoms with Crippen molar-refractivity contribution in [2.45, 2.75) is 42.8 Å². The molecule has 0 bridgehead atoms. The number of carbonyl (C=O) groups is 1. The first-order chi connectivity index (χ1) is 12.5. The standard InChI is InChI=1S/C17H24N4O3S2/c1-3-21-15-8-7-13(26(23,24)20-9-5-4-6-10-20)11-14(15)19-17(21)25-12-16(22)18-2/h7-8,11H,3-6,9-10,12H2,1-2H3,(H,18,22).